The van der Waals surface area contributed by atoms with Crippen LogP contribution in [0, 0.1) is 0 Å². The van der Waals surface area contributed by atoms with Crippen molar-refractivity contribution < 1.29 is 4.79 Å². The van der Waals surface area contributed by atoms with Crippen LogP contribution in [0.2, 0.25) is 0 Å². The Morgan fingerprint density at radius 3 is 2.81 bits per heavy atom. The lowest BCUT2D eigenvalue weighted by atomic mass is 10.2. The van der Waals surface area contributed by atoms with Crippen LogP contribution in [0.25, 0.3) is 26.1 Å². The molecule has 0 bridgehead atoms. The number of likely N-dealkylation sites (N-methyl/N-ethyl adjacent to an activating group) is 1. The first-order chi connectivity index (χ1) is 18.1. The minimum atomic E-state index is -0.237. The molecule has 3 aromatic heterocycles. The Bertz CT molecular complexity index is 1510. The van der Waals surface area contributed by atoms with Crippen molar-refractivity contribution in [2.24, 2.45) is 0 Å². The Kier molecular flexibility index (Phi) is 6.76. The fourth-order valence-electron chi connectivity index (χ4n) is 5.19. The summed E-state index contributed by atoms with van der Waals surface area (Å²) in [5.41, 5.74) is 1.62. The lowest BCUT2D eigenvalue weighted by Crippen LogP contribution is -2.44. The van der Waals surface area contributed by atoms with Gasteiger partial charge in [-0.15, -0.1) is 11.3 Å². The number of pyridine rings is 1. The smallest absolute Gasteiger partial charge is 0.227 e. The number of thiazole rings is 1. The first-order valence-corrected chi connectivity index (χ1v) is 13.8. The molecule has 0 spiro atoms. The van der Waals surface area contributed by atoms with Crippen LogP contribution in [0.1, 0.15) is 12.8 Å². The summed E-state index contributed by atoms with van der Waals surface area (Å²) >= 11 is 1.50. The van der Waals surface area contributed by atoms with Gasteiger partial charge in [0.05, 0.1) is 15.6 Å². The van der Waals surface area contributed by atoms with Crippen molar-refractivity contribution in [3.8, 4) is 0 Å². The number of benzene rings is 1. The highest BCUT2D eigenvalue weighted by Crippen LogP contribution is 2.33. The first-order valence-electron chi connectivity index (χ1n) is 13.0. The number of carbonyl (C=O) groups is 1. The number of hydrogen-bond acceptors (Lipinski definition) is 9. The molecule has 194 valence electrons. The van der Waals surface area contributed by atoms with Gasteiger partial charge in [-0.3, -0.25) is 14.0 Å². The molecule has 0 unspecified atom stereocenters. The highest BCUT2D eigenvalue weighted by molar-refractivity contribution is 7.24. The Labute approximate surface area is 218 Å². The molecule has 0 aliphatic carbocycles. The fraction of sp³-hybridized carbons (Fsp3) is 0.462. The summed E-state index contributed by atoms with van der Waals surface area (Å²) in [4.78, 5) is 43.7. The molecular formula is C26H32N8O2S. The van der Waals surface area contributed by atoms with Gasteiger partial charge in [0.25, 0.3) is 0 Å². The average molecular weight is 521 g/mol. The predicted octanol–water partition coefficient (Wildman–Crippen LogP) is 1.83. The first kappa shape index (κ1) is 24.2. The van der Waals surface area contributed by atoms with E-state index < -0.39 is 0 Å². The average Bonchev–Trinajstić information content (AvgIpc) is 3.18. The summed E-state index contributed by atoms with van der Waals surface area (Å²) in [7, 11) is 2.13. The lowest BCUT2D eigenvalue weighted by molar-refractivity contribution is -0.116. The number of para-hydroxylation sites is 1. The summed E-state index contributed by atoms with van der Waals surface area (Å²) in [6.07, 6.45) is 3.00. The third kappa shape index (κ3) is 4.79. The van der Waals surface area contributed by atoms with Crippen molar-refractivity contribution in [2.45, 2.75) is 12.8 Å². The van der Waals surface area contributed by atoms with Crippen molar-refractivity contribution in [3.63, 3.8) is 0 Å². The molecule has 2 aliphatic heterocycles. The van der Waals surface area contributed by atoms with E-state index in [4.69, 9.17) is 4.98 Å². The molecule has 1 aromatic carbocycles. The van der Waals surface area contributed by atoms with Crippen molar-refractivity contribution in [2.75, 3.05) is 76.2 Å². The lowest BCUT2D eigenvalue weighted by Gasteiger charge is -2.26. The van der Waals surface area contributed by atoms with E-state index >= 15 is 0 Å². The molecule has 5 heterocycles. The minimum absolute atomic E-state index is 0.152. The van der Waals surface area contributed by atoms with E-state index in [1.807, 2.05) is 28.7 Å². The second kappa shape index (κ2) is 10.3. The number of hydrogen-bond donors (Lipinski definition) is 2. The van der Waals surface area contributed by atoms with Gasteiger partial charge in [0.1, 0.15) is 10.5 Å². The molecule has 6 rings (SSSR count). The van der Waals surface area contributed by atoms with Crippen LogP contribution in [0.4, 0.5) is 11.6 Å². The van der Waals surface area contributed by atoms with Crippen molar-refractivity contribution in [1.29, 1.82) is 0 Å². The van der Waals surface area contributed by atoms with Crippen molar-refractivity contribution in [1.82, 2.24) is 29.5 Å². The maximum absolute atomic E-state index is 13.7. The normalized spacial score (nSPS) is 18.0. The van der Waals surface area contributed by atoms with Crippen LogP contribution in [0.3, 0.4) is 0 Å². The van der Waals surface area contributed by atoms with E-state index in [0.717, 1.165) is 69.0 Å². The van der Waals surface area contributed by atoms with Crippen LogP contribution in [0.15, 0.2) is 35.3 Å². The zero-order valence-electron chi connectivity index (χ0n) is 21.1. The molecule has 11 heteroatoms. The van der Waals surface area contributed by atoms with E-state index in [1.54, 1.807) is 6.20 Å². The van der Waals surface area contributed by atoms with Gasteiger partial charge in [-0.25, -0.2) is 4.98 Å². The van der Waals surface area contributed by atoms with Gasteiger partial charge in [0.15, 0.2) is 5.65 Å². The molecule has 0 radical (unpaired) electrons. The number of rotatable bonds is 5. The number of anilines is 2. The zero-order valence-corrected chi connectivity index (χ0v) is 21.9. The SMILES string of the molecule is CN1CCCN(c2ncc3c(=O)c(NC(=O)CCN4CCNCC4)c4sc5ccccc5n4c3n2)CC1. The highest BCUT2D eigenvalue weighted by atomic mass is 32.1. The zero-order chi connectivity index (χ0) is 25.4. The van der Waals surface area contributed by atoms with E-state index in [0.29, 0.717) is 40.5 Å². The highest BCUT2D eigenvalue weighted by Gasteiger charge is 2.22. The number of nitrogens with zero attached hydrogens (tertiary/aromatic N) is 6. The number of fused-ring (bicyclic) bond motifs is 5. The van der Waals surface area contributed by atoms with Gasteiger partial charge >= 0.3 is 0 Å². The maximum atomic E-state index is 13.7. The van der Waals surface area contributed by atoms with Gasteiger partial charge in [0.2, 0.25) is 17.3 Å². The van der Waals surface area contributed by atoms with E-state index in [9.17, 15) is 9.59 Å². The van der Waals surface area contributed by atoms with Gasteiger partial charge in [-0.2, -0.15) is 4.98 Å². The number of nitrogens with one attached hydrogen (secondary N) is 2. The molecule has 1 amide bonds. The summed E-state index contributed by atoms with van der Waals surface area (Å²) in [5.74, 6) is 0.486. The summed E-state index contributed by atoms with van der Waals surface area (Å²) < 4.78 is 3.04. The quantitative estimate of drug-likeness (QED) is 0.412. The third-order valence-corrected chi connectivity index (χ3v) is 8.45. The predicted molar refractivity (Wildman–Crippen MR) is 149 cm³/mol. The van der Waals surface area contributed by atoms with Gasteiger partial charge in [0, 0.05) is 65.0 Å². The second-order valence-corrected chi connectivity index (χ2v) is 10.9. The molecule has 4 aromatic rings. The molecule has 10 nitrogen and oxygen atoms in total. The molecule has 0 saturated carbocycles. The number of aromatic nitrogens is 3. The van der Waals surface area contributed by atoms with Crippen LogP contribution in [-0.4, -0.2) is 96.0 Å². The van der Waals surface area contributed by atoms with E-state index in [2.05, 4.69) is 37.4 Å². The summed E-state index contributed by atoms with van der Waals surface area (Å²) in [6.45, 7) is 8.11. The van der Waals surface area contributed by atoms with Crippen LogP contribution in [-0.2, 0) is 4.79 Å². The fourth-order valence-corrected chi connectivity index (χ4v) is 6.33. The van der Waals surface area contributed by atoms with Crippen LogP contribution in [0.5, 0.6) is 0 Å². The molecule has 37 heavy (non-hydrogen) atoms. The molecular weight excluding hydrogens is 488 g/mol. The summed E-state index contributed by atoms with van der Waals surface area (Å²) in [5, 5.41) is 6.70. The molecule has 0 atom stereocenters. The van der Waals surface area contributed by atoms with Gasteiger partial charge in [-0.05, 0) is 32.1 Å². The Morgan fingerprint density at radius 1 is 1.11 bits per heavy atom. The number of piperazine rings is 1. The largest absolute Gasteiger partial charge is 0.339 e. The monoisotopic (exact) mass is 520 g/mol. The number of carbonyl (C=O) groups excluding carboxylic acids is 1. The Hall–Kier alpha value is -3.12. The van der Waals surface area contributed by atoms with Crippen molar-refractivity contribution in [3.05, 3.63) is 40.7 Å². The minimum Gasteiger partial charge on any atom is -0.339 e. The van der Waals surface area contributed by atoms with Gasteiger partial charge in [-0.1, -0.05) is 12.1 Å². The number of amides is 1. The van der Waals surface area contributed by atoms with Gasteiger partial charge < -0.3 is 25.3 Å². The van der Waals surface area contributed by atoms with E-state index in [1.165, 1.54) is 11.3 Å². The standard InChI is InChI=1S/C26H32N8O2S/c1-31-10-4-11-33(16-15-31)26-28-17-18-23(36)22(29-21(35)7-12-32-13-8-27-9-14-32)25-34(24(18)30-26)19-5-2-3-6-20(19)37-25/h2-3,5-6,17,27H,4,7-16H2,1H3,(H,29,35). The molecule has 2 fully saturated rings. The topological polar surface area (TPSA) is 98.1 Å². The van der Waals surface area contributed by atoms with Crippen LogP contribution >= 0.6 is 11.3 Å². The molecule has 2 saturated heterocycles. The Morgan fingerprint density at radius 2 is 1.95 bits per heavy atom. The maximum Gasteiger partial charge on any atom is 0.227 e. The second-order valence-electron chi connectivity index (χ2n) is 9.86. The van der Waals surface area contributed by atoms with Crippen LogP contribution < -0.4 is 21.0 Å². The van der Waals surface area contributed by atoms with E-state index in [-0.39, 0.29) is 11.3 Å². The van der Waals surface area contributed by atoms with Crippen molar-refractivity contribution >= 4 is 55.0 Å². The molecule has 2 N–H and O–H groups in total. The Balaban J connectivity index is 1.41. The molecule has 2 aliphatic rings. The third-order valence-electron chi connectivity index (χ3n) is 7.30. The summed E-state index contributed by atoms with van der Waals surface area (Å²) in [6, 6.07) is 8.03.